The van der Waals surface area contributed by atoms with Crippen molar-refractivity contribution >= 4 is 11.0 Å². The summed E-state index contributed by atoms with van der Waals surface area (Å²) in [6.07, 6.45) is -15.8. The van der Waals surface area contributed by atoms with Crippen LogP contribution in [0.2, 0.25) is 0 Å². The summed E-state index contributed by atoms with van der Waals surface area (Å²) in [7, 11) is 1.32. The fourth-order valence-corrected chi connectivity index (χ4v) is 5.06. The van der Waals surface area contributed by atoms with Gasteiger partial charge < -0.3 is 74.1 Å². The summed E-state index contributed by atoms with van der Waals surface area (Å²) in [5.41, 5.74) is -1.19. The van der Waals surface area contributed by atoms with Crippen LogP contribution in [0.1, 0.15) is 6.92 Å². The summed E-state index contributed by atoms with van der Waals surface area (Å²) in [5.74, 6) is -2.33. The first kappa shape index (κ1) is 31.7. The number of rotatable bonds is 8. The van der Waals surface area contributed by atoms with Crippen molar-refractivity contribution in [3.63, 3.8) is 0 Å². The normalized spacial score (nSPS) is 31.2. The average molecular weight is 625 g/mol. The van der Waals surface area contributed by atoms with Crippen LogP contribution in [0.25, 0.3) is 22.3 Å². The van der Waals surface area contributed by atoms with E-state index in [1.807, 2.05) is 0 Å². The van der Waals surface area contributed by atoms with Gasteiger partial charge in [0.2, 0.25) is 17.5 Å². The Morgan fingerprint density at radius 3 is 2.20 bits per heavy atom. The maximum Gasteiger partial charge on any atom is 0.239 e. The monoisotopic (exact) mass is 624 g/mol. The Bertz CT molecular complexity index is 1550. The van der Waals surface area contributed by atoms with Crippen molar-refractivity contribution in [2.24, 2.45) is 0 Å². The van der Waals surface area contributed by atoms with Gasteiger partial charge in [-0.05, 0) is 25.1 Å². The van der Waals surface area contributed by atoms with E-state index >= 15 is 0 Å². The van der Waals surface area contributed by atoms with Gasteiger partial charge in [0.1, 0.15) is 65.2 Å². The summed E-state index contributed by atoms with van der Waals surface area (Å²) < 4.78 is 33.0. The molecule has 0 saturated carbocycles. The summed E-state index contributed by atoms with van der Waals surface area (Å²) in [4.78, 5) is 13.6. The Morgan fingerprint density at radius 1 is 0.864 bits per heavy atom. The molecule has 0 radical (unpaired) electrons. The van der Waals surface area contributed by atoms with Gasteiger partial charge in [-0.1, -0.05) is 0 Å². The highest BCUT2D eigenvalue weighted by Gasteiger charge is 2.49. The fourth-order valence-electron chi connectivity index (χ4n) is 5.06. The molecular formula is C28H32O16. The molecule has 0 spiro atoms. The Hall–Kier alpha value is -3.71. The van der Waals surface area contributed by atoms with Crippen molar-refractivity contribution in [1.29, 1.82) is 0 Å². The number of aromatic hydroxyl groups is 3. The quantitative estimate of drug-likeness (QED) is 0.140. The van der Waals surface area contributed by atoms with Gasteiger partial charge in [0.25, 0.3) is 0 Å². The molecule has 2 aliphatic rings. The van der Waals surface area contributed by atoms with Crippen molar-refractivity contribution in [3.8, 4) is 40.1 Å². The lowest BCUT2D eigenvalue weighted by Gasteiger charge is -2.40. The minimum Gasteiger partial charge on any atom is -0.508 e. The third-order valence-corrected chi connectivity index (χ3v) is 7.42. The van der Waals surface area contributed by atoms with Gasteiger partial charge in [0, 0.05) is 17.7 Å². The number of methoxy groups -OCH3 is 1. The number of hydrogen-bond donors (Lipinski definition) is 9. The molecule has 0 bridgehead atoms. The minimum atomic E-state index is -1.95. The maximum absolute atomic E-state index is 13.6. The van der Waals surface area contributed by atoms with Crippen LogP contribution in [0, 0.1) is 0 Å². The fraction of sp³-hybridized carbons (Fsp3) is 0.464. The highest BCUT2D eigenvalue weighted by molar-refractivity contribution is 5.88. The molecule has 3 heterocycles. The molecular weight excluding hydrogens is 592 g/mol. The molecule has 0 aliphatic carbocycles. The molecule has 2 fully saturated rings. The molecule has 3 aromatic rings. The molecule has 9 N–H and O–H groups in total. The van der Waals surface area contributed by atoms with E-state index < -0.39 is 96.1 Å². The van der Waals surface area contributed by atoms with Gasteiger partial charge in [-0.2, -0.15) is 0 Å². The van der Waals surface area contributed by atoms with E-state index in [2.05, 4.69) is 0 Å². The lowest BCUT2D eigenvalue weighted by atomic mass is 9.99. The molecule has 0 unspecified atom stereocenters. The van der Waals surface area contributed by atoms with Crippen LogP contribution < -0.4 is 14.9 Å². The topological polar surface area (TPSA) is 258 Å². The van der Waals surface area contributed by atoms with Crippen molar-refractivity contribution in [1.82, 2.24) is 0 Å². The van der Waals surface area contributed by atoms with Crippen molar-refractivity contribution < 1.29 is 74.1 Å². The van der Waals surface area contributed by atoms with E-state index in [0.717, 1.165) is 12.1 Å². The molecule has 44 heavy (non-hydrogen) atoms. The van der Waals surface area contributed by atoms with E-state index in [1.54, 1.807) is 0 Å². The number of aliphatic hydroxyl groups is 6. The molecule has 16 heteroatoms. The van der Waals surface area contributed by atoms with Gasteiger partial charge in [-0.3, -0.25) is 4.79 Å². The van der Waals surface area contributed by atoms with Gasteiger partial charge in [-0.15, -0.1) is 0 Å². The van der Waals surface area contributed by atoms with Crippen molar-refractivity contribution in [2.75, 3.05) is 13.7 Å². The first-order valence-corrected chi connectivity index (χ1v) is 13.4. The summed E-state index contributed by atoms with van der Waals surface area (Å²) in [6.45, 7) is 0.751. The molecule has 2 aromatic carbocycles. The third-order valence-electron chi connectivity index (χ3n) is 7.42. The summed E-state index contributed by atoms with van der Waals surface area (Å²) in [6, 6.07) is 5.88. The van der Waals surface area contributed by atoms with Crippen LogP contribution in [0.5, 0.6) is 28.7 Å². The number of ether oxygens (including phenoxy) is 5. The molecule has 1 aromatic heterocycles. The van der Waals surface area contributed by atoms with E-state index in [9.17, 15) is 50.8 Å². The van der Waals surface area contributed by atoms with Gasteiger partial charge >= 0.3 is 0 Å². The maximum atomic E-state index is 13.6. The molecule has 10 atom stereocenters. The van der Waals surface area contributed by atoms with Crippen LogP contribution in [-0.4, -0.2) is 121 Å². The number of fused-ring (bicyclic) bond motifs is 1. The highest BCUT2D eigenvalue weighted by atomic mass is 16.7. The van der Waals surface area contributed by atoms with E-state index in [1.165, 1.54) is 32.2 Å². The van der Waals surface area contributed by atoms with Crippen molar-refractivity contribution in [2.45, 2.75) is 68.3 Å². The Labute approximate surface area is 248 Å². The second-order valence-corrected chi connectivity index (χ2v) is 10.5. The smallest absolute Gasteiger partial charge is 0.239 e. The zero-order chi connectivity index (χ0) is 32.0. The first-order valence-electron chi connectivity index (χ1n) is 13.4. The largest absolute Gasteiger partial charge is 0.508 e. The first-order chi connectivity index (χ1) is 20.8. The lowest BCUT2D eigenvalue weighted by molar-refractivity contribution is -0.290. The zero-order valence-corrected chi connectivity index (χ0v) is 23.3. The molecule has 2 saturated heterocycles. The van der Waals surface area contributed by atoms with Crippen LogP contribution in [0.4, 0.5) is 0 Å². The van der Waals surface area contributed by atoms with Gasteiger partial charge in [0.15, 0.2) is 23.5 Å². The Balaban J connectivity index is 1.48. The van der Waals surface area contributed by atoms with Crippen molar-refractivity contribution in [3.05, 3.63) is 40.6 Å². The number of aliphatic hydroxyl groups excluding tert-OH is 6. The van der Waals surface area contributed by atoms with Gasteiger partial charge in [-0.25, -0.2) is 0 Å². The number of benzene rings is 2. The minimum absolute atomic E-state index is 0.0597. The standard InChI is InChI=1S/C28H32O16/c1-9(29)24-21(36)23(38)27(43-24)40-8-16-18(33)20(35)22(37)28(42-16)44-26-19(34)17-13(32)6-11(30)7-15(17)41-25(26)10-3-4-14(39-2)12(31)5-10/h3-7,9,16,18,20-24,27-33,35-38H,8H2,1-2H3/t9-,16+,18+,20-,21-,22+,23+,24-,27+,28-/m0/s1. The third kappa shape index (κ3) is 5.74. The van der Waals surface area contributed by atoms with Crippen LogP contribution in [0.15, 0.2) is 39.5 Å². The average Bonchev–Trinajstić information content (AvgIpc) is 3.26. The lowest BCUT2D eigenvalue weighted by Crippen LogP contribution is -2.60. The van der Waals surface area contributed by atoms with Gasteiger partial charge in [0.05, 0.1) is 19.8 Å². The van der Waals surface area contributed by atoms with E-state index in [-0.39, 0.29) is 28.4 Å². The molecule has 0 amide bonds. The second-order valence-electron chi connectivity index (χ2n) is 10.5. The van der Waals surface area contributed by atoms with E-state index in [4.69, 9.17) is 28.1 Å². The summed E-state index contributed by atoms with van der Waals surface area (Å²) in [5, 5.41) is 92.2. The number of hydrogen-bond acceptors (Lipinski definition) is 16. The molecule has 16 nitrogen and oxygen atoms in total. The van der Waals surface area contributed by atoms with Crippen LogP contribution in [-0.2, 0) is 14.2 Å². The SMILES string of the molecule is COc1ccc(-c2oc3cc(O)cc(O)c3c(=O)c2O[C@@H]2O[C@H](CO[C@@H]3O[C@@H]([C@H](C)O)[C@@H](O)[C@H]3O)[C@@H](O)[C@H](O)[C@H]2O)cc1O. The highest BCUT2D eigenvalue weighted by Crippen LogP contribution is 2.39. The predicted molar refractivity (Wildman–Crippen MR) is 145 cm³/mol. The number of phenols is 3. The second kappa shape index (κ2) is 12.4. The number of phenolic OH excluding ortho intramolecular Hbond substituents is 3. The Kier molecular flexibility index (Phi) is 8.90. The zero-order valence-electron chi connectivity index (χ0n) is 23.3. The molecule has 5 rings (SSSR count). The van der Waals surface area contributed by atoms with Crippen LogP contribution >= 0.6 is 0 Å². The van der Waals surface area contributed by atoms with Crippen LogP contribution in [0.3, 0.4) is 0 Å². The summed E-state index contributed by atoms with van der Waals surface area (Å²) >= 11 is 0. The predicted octanol–water partition coefficient (Wildman–Crippen LogP) is -1.38. The molecule has 240 valence electrons. The molecule has 2 aliphatic heterocycles. The Morgan fingerprint density at radius 2 is 1.57 bits per heavy atom. The van der Waals surface area contributed by atoms with E-state index in [0.29, 0.717) is 0 Å².